The summed E-state index contributed by atoms with van der Waals surface area (Å²) in [6.07, 6.45) is 0. The molecule has 0 atom stereocenters. The number of rotatable bonds is 10. The van der Waals surface area contributed by atoms with Gasteiger partial charge in [-0.25, -0.2) is 0 Å². The summed E-state index contributed by atoms with van der Waals surface area (Å²) >= 11 is 0. The van der Waals surface area contributed by atoms with Crippen LogP contribution in [0, 0.1) is 0 Å². The minimum absolute atomic E-state index is 0.0881. The largest absolute Gasteiger partial charge is 0.490 e. The number of hydrogen-bond acceptors (Lipinski definition) is 6. The standard InChI is InChI=1S/C21H33N3O5/c1-5-28-17-8-7-16(13-18(17)29-6-2)20(26)22-14-19(25)23-15-21(3,4)24-9-11-27-12-10-24/h7-8,13H,5-6,9-12,14-15H2,1-4H3,(H,22,26)(H,23,25). The molecule has 1 aromatic carbocycles. The van der Waals surface area contributed by atoms with Gasteiger partial charge in [-0.1, -0.05) is 0 Å². The molecule has 1 aliphatic rings. The van der Waals surface area contributed by atoms with Crippen LogP contribution in [0.1, 0.15) is 38.1 Å². The first-order chi connectivity index (χ1) is 13.9. The van der Waals surface area contributed by atoms with E-state index in [0.717, 1.165) is 13.1 Å². The molecule has 0 bridgehead atoms. The zero-order valence-corrected chi connectivity index (χ0v) is 17.9. The lowest BCUT2D eigenvalue weighted by Gasteiger charge is -2.40. The van der Waals surface area contributed by atoms with Gasteiger partial charge in [0.2, 0.25) is 5.91 Å². The number of amides is 2. The molecule has 8 heteroatoms. The lowest BCUT2D eigenvalue weighted by Crippen LogP contribution is -2.56. The number of nitrogens with one attached hydrogen (secondary N) is 2. The van der Waals surface area contributed by atoms with Crippen LogP contribution in [0.2, 0.25) is 0 Å². The van der Waals surface area contributed by atoms with Crippen molar-refractivity contribution in [3.63, 3.8) is 0 Å². The van der Waals surface area contributed by atoms with Crippen molar-refractivity contribution in [1.29, 1.82) is 0 Å². The third-order valence-corrected chi connectivity index (χ3v) is 4.80. The Morgan fingerprint density at radius 3 is 2.38 bits per heavy atom. The average Bonchev–Trinajstić information content (AvgIpc) is 2.73. The highest BCUT2D eigenvalue weighted by atomic mass is 16.5. The van der Waals surface area contributed by atoms with Crippen molar-refractivity contribution in [1.82, 2.24) is 15.5 Å². The summed E-state index contributed by atoms with van der Waals surface area (Å²) in [6.45, 7) is 12.4. The normalized spacial score (nSPS) is 14.9. The Labute approximate surface area is 172 Å². The van der Waals surface area contributed by atoms with Crippen molar-refractivity contribution in [2.24, 2.45) is 0 Å². The number of hydrogen-bond donors (Lipinski definition) is 2. The van der Waals surface area contributed by atoms with Crippen LogP contribution in [0.3, 0.4) is 0 Å². The highest BCUT2D eigenvalue weighted by Crippen LogP contribution is 2.28. The second-order valence-electron chi connectivity index (χ2n) is 7.40. The van der Waals surface area contributed by atoms with E-state index >= 15 is 0 Å². The Bertz CT molecular complexity index is 687. The Hall–Kier alpha value is -2.32. The van der Waals surface area contributed by atoms with Crippen molar-refractivity contribution in [2.75, 3.05) is 52.6 Å². The average molecular weight is 408 g/mol. The van der Waals surface area contributed by atoms with E-state index in [1.54, 1.807) is 18.2 Å². The SMILES string of the molecule is CCOc1ccc(C(=O)NCC(=O)NCC(C)(C)N2CCOCC2)cc1OCC. The smallest absolute Gasteiger partial charge is 0.251 e. The lowest BCUT2D eigenvalue weighted by molar-refractivity contribution is -0.120. The number of nitrogens with zero attached hydrogens (tertiary/aromatic N) is 1. The van der Waals surface area contributed by atoms with Crippen LogP contribution < -0.4 is 20.1 Å². The molecule has 0 unspecified atom stereocenters. The van der Waals surface area contributed by atoms with Gasteiger partial charge in [-0.3, -0.25) is 14.5 Å². The lowest BCUT2D eigenvalue weighted by atomic mass is 10.0. The van der Waals surface area contributed by atoms with Gasteiger partial charge in [0.05, 0.1) is 33.0 Å². The number of benzene rings is 1. The van der Waals surface area contributed by atoms with E-state index in [0.29, 0.717) is 50.0 Å². The van der Waals surface area contributed by atoms with Crippen LogP contribution in [0.25, 0.3) is 0 Å². The summed E-state index contributed by atoms with van der Waals surface area (Å²) in [4.78, 5) is 26.9. The summed E-state index contributed by atoms with van der Waals surface area (Å²) < 4.78 is 16.4. The van der Waals surface area contributed by atoms with Crippen LogP contribution in [0.5, 0.6) is 11.5 Å². The van der Waals surface area contributed by atoms with Crippen LogP contribution in [0.4, 0.5) is 0 Å². The van der Waals surface area contributed by atoms with Gasteiger partial charge in [-0.15, -0.1) is 0 Å². The third-order valence-electron chi connectivity index (χ3n) is 4.80. The Morgan fingerprint density at radius 2 is 1.72 bits per heavy atom. The van der Waals surface area contributed by atoms with Gasteiger partial charge in [0.25, 0.3) is 5.91 Å². The first-order valence-corrected chi connectivity index (χ1v) is 10.1. The second-order valence-corrected chi connectivity index (χ2v) is 7.40. The van der Waals surface area contributed by atoms with Crippen LogP contribution >= 0.6 is 0 Å². The predicted octanol–water partition coefficient (Wildman–Crippen LogP) is 1.44. The van der Waals surface area contributed by atoms with Crippen molar-refractivity contribution in [3.05, 3.63) is 23.8 Å². The topological polar surface area (TPSA) is 89.1 Å². The maximum Gasteiger partial charge on any atom is 0.251 e. The van der Waals surface area contributed by atoms with Gasteiger partial charge in [-0.05, 0) is 45.9 Å². The van der Waals surface area contributed by atoms with Crippen molar-refractivity contribution >= 4 is 11.8 Å². The van der Waals surface area contributed by atoms with Gasteiger partial charge in [0, 0.05) is 30.7 Å². The summed E-state index contributed by atoms with van der Waals surface area (Å²) in [6, 6.07) is 4.99. The van der Waals surface area contributed by atoms with Crippen LogP contribution in [-0.2, 0) is 9.53 Å². The number of morpholine rings is 1. The molecular formula is C21H33N3O5. The Balaban J connectivity index is 1.84. The highest BCUT2D eigenvalue weighted by Gasteiger charge is 2.28. The number of carbonyl (C=O) groups is 2. The van der Waals surface area contributed by atoms with E-state index in [1.165, 1.54) is 0 Å². The predicted molar refractivity (Wildman–Crippen MR) is 111 cm³/mol. The monoisotopic (exact) mass is 407 g/mol. The van der Waals surface area contributed by atoms with E-state index < -0.39 is 0 Å². The fraction of sp³-hybridized carbons (Fsp3) is 0.619. The zero-order chi connectivity index (χ0) is 21.3. The first-order valence-electron chi connectivity index (χ1n) is 10.1. The van der Waals surface area contributed by atoms with E-state index in [-0.39, 0.29) is 23.9 Å². The van der Waals surface area contributed by atoms with E-state index in [1.807, 2.05) is 13.8 Å². The van der Waals surface area contributed by atoms with Gasteiger partial charge < -0.3 is 24.8 Å². The molecule has 2 amide bonds. The van der Waals surface area contributed by atoms with E-state index in [4.69, 9.17) is 14.2 Å². The maximum absolute atomic E-state index is 12.4. The molecule has 162 valence electrons. The molecule has 1 aliphatic heterocycles. The van der Waals surface area contributed by atoms with Gasteiger partial charge in [0.15, 0.2) is 11.5 Å². The van der Waals surface area contributed by atoms with Gasteiger partial charge in [-0.2, -0.15) is 0 Å². The molecule has 0 aliphatic carbocycles. The fourth-order valence-corrected chi connectivity index (χ4v) is 3.11. The number of ether oxygens (including phenoxy) is 3. The second kappa shape index (κ2) is 11.0. The third kappa shape index (κ3) is 6.90. The van der Waals surface area contributed by atoms with Gasteiger partial charge >= 0.3 is 0 Å². The molecule has 1 fully saturated rings. The summed E-state index contributed by atoms with van der Waals surface area (Å²) in [5.41, 5.74) is 0.239. The van der Waals surface area contributed by atoms with Crippen LogP contribution in [0.15, 0.2) is 18.2 Å². The van der Waals surface area contributed by atoms with Crippen molar-refractivity contribution in [2.45, 2.75) is 33.2 Å². The molecular weight excluding hydrogens is 374 g/mol. The van der Waals surface area contributed by atoms with Crippen molar-refractivity contribution < 1.29 is 23.8 Å². The minimum Gasteiger partial charge on any atom is -0.490 e. The molecule has 2 N–H and O–H groups in total. The molecule has 0 radical (unpaired) electrons. The fourth-order valence-electron chi connectivity index (χ4n) is 3.11. The van der Waals surface area contributed by atoms with Crippen LogP contribution in [-0.4, -0.2) is 74.9 Å². The first kappa shape index (κ1) is 23.0. The Kier molecular flexibility index (Phi) is 8.72. The Morgan fingerprint density at radius 1 is 1.07 bits per heavy atom. The highest BCUT2D eigenvalue weighted by molar-refractivity contribution is 5.97. The minimum atomic E-state index is -0.336. The molecule has 0 saturated carbocycles. The molecule has 2 rings (SSSR count). The molecule has 0 aromatic heterocycles. The summed E-state index contributed by atoms with van der Waals surface area (Å²) in [5, 5.41) is 5.56. The molecule has 1 heterocycles. The quantitative estimate of drug-likeness (QED) is 0.610. The van der Waals surface area contributed by atoms with E-state index in [9.17, 15) is 9.59 Å². The number of carbonyl (C=O) groups excluding carboxylic acids is 2. The van der Waals surface area contributed by atoms with E-state index in [2.05, 4.69) is 29.4 Å². The maximum atomic E-state index is 12.4. The molecule has 1 saturated heterocycles. The summed E-state index contributed by atoms with van der Waals surface area (Å²) in [5.74, 6) is 0.542. The van der Waals surface area contributed by atoms with Crippen molar-refractivity contribution in [3.8, 4) is 11.5 Å². The molecule has 1 aromatic rings. The molecule has 8 nitrogen and oxygen atoms in total. The summed E-state index contributed by atoms with van der Waals surface area (Å²) in [7, 11) is 0. The van der Waals surface area contributed by atoms with Gasteiger partial charge in [0.1, 0.15) is 0 Å². The zero-order valence-electron chi connectivity index (χ0n) is 17.9. The molecule has 29 heavy (non-hydrogen) atoms. The molecule has 0 spiro atoms.